The van der Waals surface area contributed by atoms with Crippen LogP contribution in [0.2, 0.25) is 0 Å². The van der Waals surface area contributed by atoms with Crippen LogP contribution in [0.5, 0.6) is 28.7 Å². The molecule has 0 spiro atoms. The SMILES string of the molecule is COc1cc2c(cc1OC)CN(CCc1ccc(-n3nnnc3-c3ccc(OC)c(OC)c3OC)cc1)CC2. The Bertz CT molecular complexity index is 1440. The van der Waals surface area contributed by atoms with Gasteiger partial charge in [0, 0.05) is 19.6 Å². The average Bonchev–Trinajstić information content (AvgIpc) is 3.48. The van der Waals surface area contributed by atoms with Crippen molar-refractivity contribution in [2.24, 2.45) is 0 Å². The third-order valence-corrected chi connectivity index (χ3v) is 7.11. The topological polar surface area (TPSA) is 93.0 Å². The zero-order valence-corrected chi connectivity index (χ0v) is 22.9. The molecule has 1 aromatic heterocycles. The largest absolute Gasteiger partial charge is 0.493 e. The Labute approximate surface area is 228 Å². The maximum atomic E-state index is 5.65. The van der Waals surface area contributed by atoms with Gasteiger partial charge in [0.25, 0.3) is 0 Å². The summed E-state index contributed by atoms with van der Waals surface area (Å²) in [6.45, 7) is 2.88. The van der Waals surface area contributed by atoms with Crippen molar-refractivity contribution in [3.8, 4) is 45.8 Å². The van der Waals surface area contributed by atoms with Gasteiger partial charge in [0.05, 0.1) is 46.8 Å². The zero-order chi connectivity index (χ0) is 27.4. The van der Waals surface area contributed by atoms with E-state index in [2.05, 4.69) is 44.7 Å². The molecule has 0 aliphatic carbocycles. The average molecular weight is 532 g/mol. The molecule has 0 saturated heterocycles. The van der Waals surface area contributed by atoms with Gasteiger partial charge < -0.3 is 23.7 Å². The number of fused-ring (bicyclic) bond motifs is 1. The minimum absolute atomic E-state index is 0.486. The van der Waals surface area contributed by atoms with E-state index in [1.165, 1.54) is 16.7 Å². The normalized spacial score (nSPS) is 13.1. The van der Waals surface area contributed by atoms with Crippen molar-refractivity contribution >= 4 is 0 Å². The lowest BCUT2D eigenvalue weighted by Crippen LogP contribution is -2.32. The highest BCUT2D eigenvalue weighted by Crippen LogP contribution is 2.43. The predicted molar refractivity (Wildman–Crippen MR) is 146 cm³/mol. The molecule has 5 rings (SSSR count). The van der Waals surface area contributed by atoms with Crippen molar-refractivity contribution in [1.29, 1.82) is 0 Å². The Kier molecular flexibility index (Phi) is 7.83. The summed E-state index contributed by atoms with van der Waals surface area (Å²) in [6, 6.07) is 16.2. The number of rotatable bonds is 10. The van der Waals surface area contributed by atoms with E-state index < -0.39 is 0 Å². The minimum atomic E-state index is 0.486. The summed E-state index contributed by atoms with van der Waals surface area (Å²) in [4.78, 5) is 2.48. The van der Waals surface area contributed by atoms with Crippen LogP contribution in [0.4, 0.5) is 0 Å². The Morgan fingerprint density at radius 3 is 2.10 bits per heavy atom. The number of ether oxygens (including phenoxy) is 5. The van der Waals surface area contributed by atoms with Crippen molar-refractivity contribution in [1.82, 2.24) is 25.1 Å². The number of aromatic nitrogens is 4. The molecular formula is C29H33N5O5. The summed E-state index contributed by atoms with van der Waals surface area (Å²) in [5.74, 6) is 3.67. The van der Waals surface area contributed by atoms with E-state index in [9.17, 15) is 0 Å². The molecule has 1 aliphatic rings. The van der Waals surface area contributed by atoms with Crippen molar-refractivity contribution in [3.63, 3.8) is 0 Å². The molecule has 0 unspecified atom stereocenters. The van der Waals surface area contributed by atoms with Gasteiger partial charge in [0.15, 0.2) is 28.8 Å². The first kappa shape index (κ1) is 26.3. The third kappa shape index (κ3) is 5.20. The first-order chi connectivity index (χ1) is 19.1. The molecule has 0 fully saturated rings. The third-order valence-electron chi connectivity index (χ3n) is 7.11. The number of nitrogens with zero attached hydrogens (tertiary/aromatic N) is 5. The van der Waals surface area contributed by atoms with Crippen molar-refractivity contribution in [3.05, 3.63) is 65.2 Å². The molecule has 3 aromatic carbocycles. The molecule has 10 nitrogen and oxygen atoms in total. The van der Waals surface area contributed by atoms with Gasteiger partial charge in [-0.1, -0.05) is 12.1 Å². The maximum Gasteiger partial charge on any atom is 0.204 e. The highest BCUT2D eigenvalue weighted by Gasteiger charge is 2.22. The van der Waals surface area contributed by atoms with Gasteiger partial charge in [0.2, 0.25) is 5.75 Å². The van der Waals surface area contributed by atoms with E-state index in [0.29, 0.717) is 28.6 Å². The Morgan fingerprint density at radius 1 is 0.744 bits per heavy atom. The molecule has 0 atom stereocenters. The summed E-state index contributed by atoms with van der Waals surface area (Å²) in [5, 5.41) is 12.4. The summed E-state index contributed by atoms with van der Waals surface area (Å²) in [7, 11) is 8.09. The van der Waals surface area contributed by atoms with Gasteiger partial charge in [0.1, 0.15) is 0 Å². The molecule has 0 radical (unpaired) electrons. The van der Waals surface area contributed by atoms with E-state index in [1.807, 2.05) is 24.3 Å². The van der Waals surface area contributed by atoms with Crippen LogP contribution in [0.1, 0.15) is 16.7 Å². The van der Waals surface area contributed by atoms with E-state index in [4.69, 9.17) is 23.7 Å². The van der Waals surface area contributed by atoms with Crippen LogP contribution in [0.25, 0.3) is 17.1 Å². The second kappa shape index (κ2) is 11.6. The van der Waals surface area contributed by atoms with Gasteiger partial charge >= 0.3 is 0 Å². The Balaban J connectivity index is 1.29. The molecule has 1 aliphatic heterocycles. The van der Waals surface area contributed by atoms with E-state index >= 15 is 0 Å². The molecule has 10 heteroatoms. The van der Waals surface area contributed by atoms with Gasteiger partial charge in [-0.2, -0.15) is 4.68 Å². The van der Waals surface area contributed by atoms with Crippen LogP contribution in [-0.2, 0) is 19.4 Å². The second-order valence-electron chi connectivity index (χ2n) is 9.21. The number of hydrogen-bond acceptors (Lipinski definition) is 9. The molecular weight excluding hydrogens is 498 g/mol. The van der Waals surface area contributed by atoms with E-state index in [0.717, 1.165) is 49.7 Å². The van der Waals surface area contributed by atoms with Crippen LogP contribution in [0.15, 0.2) is 48.5 Å². The molecule has 0 bridgehead atoms. The van der Waals surface area contributed by atoms with E-state index in [-0.39, 0.29) is 0 Å². The first-order valence-electron chi connectivity index (χ1n) is 12.7. The molecule has 0 amide bonds. The maximum absolute atomic E-state index is 5.65. The number of tetrazole rings is 1. The Hall–Kier alpha value is -4.31. The van der Waals surface area contributed by atoms with E-state index in [1.54, 1.807) is 40.2 Å². The van der Waals surface area contributed by atoms with Crippen LogP contribution in [0, 0.1) is 0 Å². The monoisotopic (exact) mass is 531 g/mol. The molecule has 39 heavy (non-hydrogen) atoms. The summed E-state index contributed by atoms with van der Waals surface area (Å²) in [5.41, 5.74) is 5.42. The minimum Gasteiger partial charge on any atom is -0.493 e. The van der Waals surface area contributed by atoms with Gasteiger partial charge in [-0.05, 0) is 76.4 Å². The van der Waals surface area contributed by atoms with Gasteiger partial charge in [-0.3, -0.25) is 4.90 Å². The molecule has 4 aromatic rings. The highest BCUT2D eigenvalue weighted by atomic mass is 16.5. The van der Waals surface area contributed by atoms with Gasteiger partial charge in [-0.25, -0.2) is 0 Å². The smallest absolute Gasteiger partial charge is 0.204 e. The molecule has 204 valence electrons. The van der Waals surface area contributed by atoms with Crippen LogP contribution in [0.3, 0.4) is 0 Å². The lowest BCUT2D eigenvalue weighted by atomic mass is 9.98. The molecule has 0 N–H and O–H groups in total. The fraction of sp³-hybridized carbons (Fsp3) is 0.345. The Morgan fingerprint density at radius 2 is 1.44 bits per heavy atom. The van der Waals surface area contributed by atoms with Crippen LogP contribution < -0.4 is 23.7 Å². The fourth-order valence-corrected chi connectivity index (χ4v) is 5.03. The first-order valence-corrected chi connectivity index (χ1v) is 12.7. The quantitative estimate of drug-likeness (QED) is 0.301. The number of benzene rings is 3. The highest BCUT2D eigenvalue weighted by molar-refractivity contribution is 5.73. The van der Waals surface area contributed by atoms with Crippen LogP contribution >= 0.6 is 0 Å². The standard InChI is InChI=1S/C29H33N5O5/c1-35-24-11-10-23(27(38-4)28(24)39-5)29-30-31-32-34(29)22-8-6-19(7-9-22)12-14-33-15-13-20-16-25(36-2)26(37-3)17-21(20)18-33/h6-11,16-17H,12-15,18H2,1-5H3. The number of methoxy groups -OCH3 is 5. The summed E-state index contributed by atoms with van der Waals surface area (Å²) >= 11 is 0. The fourth-order valence-electron chi connectivity index (χ4n) is 5.03. The van der Waals surface area contributed by atoms with Crippen molar-refractivity contribution < 1.29 is 23.7 Å². The lowest BCUT2D eigenvalue weighted by Gasteiger charge is -2.29. The summed E-state index contributed by atoms with van der Waals surface area (Å²) < 4.78 is 29.2. The molecule has 0 saturated carbocycles. The second-order valence-corrected chi connectivity index (χ2v) is 9.21. The molecule has 2 heterocycles. The van der Waals surface area contributed by atoms with Crippen molar-refractivity contribution in [2.45, 2.75) is 19.4 Å². The zero-order valence-electron chi connectivity index (χ0n) is 22.9. The van der Waals surface area contributed by atoms with Crippen LogP contribution in [-0.4, -0.2) is 73.7 Å². The van der Waals surface area contributed by atoms with Crippen molar-refractivity contribution in [2.75, 3.05) is 48.6 Å². The van der Waals surface area contributed by atoms with Gasteiger partial charge in [-0.15, -0.1) is 5.10 Å². The lowest BCUT2D eigenvalue weighted by molar-refractivity contribution is 0.255. The number of hydrogen-bond donors (Lipinski definition) is 0. The predicted octanol–water partition coefficient (Wildman–Crippen LogP) is 3.97. The summed E-state index contributed by atoms with van der Waals surface area (Å²) in [6.07, 6.45) is 1.94.